The minimum absolute atomic E-state index is 0.0566. The maximum absolute atomic E-state index is 12.2. The zero-order valence-corrected chi connectivity index (χ0v) is 13.3. The summed E-state index contributed by atoms with van der Waals surface area (Å²) in [7, 11) is 0. The molecule has 1 N–H and O–H groups in total. The molecule has 0 radical (unpaired) electrons. The smallest absolute Gasteiger partial charge is 0.220 e. The monoisotopic (exact) mass is 307 g/mol. The normalized spacial score (nSPS) is 12.2. The summed E-state index contributed by atoms with van der Waals surface area (Å²) >= 11 is 0. The summed E-state index contributed by atoms with van der Waals surface area (Å²) in [4.78, 5) is 12.2. The van der Waals surface area contributed by atoms with E-state index in [1.807, 2.05) is 60.7 Å². The number of carbonyl (C=O) groups is 1. The van der Waals surface area contributed by atoms with E-state index in [9.17, 15) is 4.79 Å². The van der Waals surface area contributed by atoms with Crippen molar-refractivity contribution in [3.63, 3.8) is 0 Å². The van der Waals surface area contributed by atoms with E-state index in [1.165, 1.54) is 0 Å². The molecular weight excluding hydrogens is 286 g/mol. The molecule has 3 aromatic rings. The SMILES string of the molecule is CCCCC(=O)NC(c1ccccc1)c1cc2ccccc2o1. The molecule has 23 heavy (non-hydrogen) atoms. The molecule has 0 bridgehead atoms. The highest BCUT2D eigenvalue weighted by Crippen LogP contribution is 2.28. The number of para-hydroxylation sites is 1. The van der Waals surface area contributed by atoms with Gasteiger partial charge in [-0.1, -0.05) is 61.9 Å². The average molecular weight is 307 g/mol. The van der Waals surface area contributed by atoms with Crippen molar-refractivity contribution in [2.45, 2.75) is 32.2 Å². The van der Waals surface area contributed by atoms with Crippen LogP contribution in [0.1, 0.15) is 43.6 Å². The molecule has 0 aliphatic heterocycles. The van der Waals surface area contributed by atoms with Gasteiger partial charge in [-0.05, 0) is 24.1 Å². The summed E-state index contributed by atoms with van der Waals surface area (Å²) in [5.74, 6) is 0.823. The van der Waals surface area contributed by atoms with Crippen LogP contribution in [-0.2, 0) is 4.79 Å². The Morgan fingerprint density at radius 1 is 1.09 bits per heavy atom. The maximum Gasteiger partial charge on any atom is 0.220 e. The largest absolute Gasteiger partial charge is 0.459 e. The molecule has 1 unspecified atom stereocenters. The maximum atomic E-state index is 12.2. The van der Waals surface area contributed by atoms with E-state index in [0.717, 1.165) is 35.1 Å². The Labute approximate surface area is 136 Å². The minimum atomic E-state index is -0.257. The Morgan fingerprint density at radius 3 is 2.57 bits per heavy atom. The van der Waals surface area contributed by atoms with E-state index in [0.29, 0.717) is 6.42 Å². The summed E-state index contributed by atoms with van der Waals surface area (Å²) in [5, 5.41) is 4.16. The number of furan rings is 1. The van der Waals surface area contributed by atoms with Crippen molar-refractivity contribution in [2.75, 3.05) is 0 Å². The van der Waals surface area contributed by atoms with Crippen LogP contribution in [0.15, 0.2) is 65.1 Å². The van der Waals surface area contributed by atoms with Gasteiger partial charge in [-0.2, -0.15) is 0 Å². The Hall–Kier alpha value is -2.55. The van der Waals surface area contributed by atoms with Crippen LogP contribution >= 0.6 is 0 Å². The zero-order chi connectivity index (χ0) is 16.1. The number of fused-ring (bicyclic) bond motifs is 1. The highest BCUT2D eigenvalue weighted by Gasteiger charge is 2.20. The van der Waals surface area contributed by atoms with E-state index in [4.69, 9.17) is 4.42 Å². The van der Waals surface area contributed by atoms with Crippen LogP contribution in [0.25, 0.3) is 11.0 Å². The molecule has 1 atom stereocenters. The van der Waals surface area contributed by atoms with Gasteiger partial charge in [0.1, 0.15) is 17.4 Å². The summed E-state index contributed by atoms with van der Waals surface area (Å²) < 4.78 is 5.98. The predicted molar refractivity (Wildman–Crippen MR) is 92.2 cm³/mol. The fraction of sp³-hybridized carbons (Fsp3) is 0.250. The molecule has 0 saturated heterocycles. The van der Waals surface area contributed by atoms with Crippen molar-refractivity contribution in [2.24, 2.45) is 0 Å². The highest BCUT2D eigenvalue weighted by atomic mass is 16.3. The van der Waals surface area contributed by atoms with Crippen LogP contribution in [0, 0.1) is 0 Å². The molecule has 2 aromatic carbocycles. The van der Waals surface area contributed by atoms with Crippen LogP contribution in [0.2, 0.25) is 0 Å². The van der Waals surface area contributed by atoms with E-state index >= 15 is 0 Å². The standard InChI is InChI=1S/C20H21NO2/c1-2-3-13-19(22)21-20(15-9-5-4-6-10-15)18-14-16-11-7-8-12-17(16)23-18/h4-12,14,20H,2-3,13H2,1H3,(H,21,22). The lowest BCUT2D eigenvalue weighted by molar-refractivity contribution is -0.121. The van der Waals surface area contributed by atoms with Gasteiger partial charge in [0.25, 0.3) is 0 Å². The number of carbonyl (C=O) groups excluding carboxylic acids is 1. The third-order valence-corrected chi connectivity index (χ3v) is 3.92. The van der Waals surface area contributed by atoms with Gasteiger partial charge < -0.3 is 9.73 Å². The first-order chi connectivity index (χ1) is 11.3. The van der Waals surface area contributed by atoms with Crippen molar-refractivity contribution < 1.29 is 9.21 Å². The lowest BCUT2D eigenvalue weighted by atomic mass is 10.0. The molecule has 0 aliphatic rings. The Bertz CT molecular complexity index is 743. The van der Waals surface area contributed by atoms with Crippen LogP contribution in [0.5, 0.6) is 0 Å². The first-order valence-electron chi connectivity index (χ1n) is 8.10. The van der Waals surface area contributed by atoms with Gasteiger partial charge in [-0.3, -0.25) is 4.79 Å². The number of amides is 1. The second-order valence-electron chi connectivity index (χ2n) is 5.70. The Kier molecular flexibility index (Phi) is 4.77. The van der Waals surface area contributed by atoms with E-state index < -0.39 is 0 Å². The topological polar surface area (TPSA) is 42.2 Å². The molecule has 3 heteroatoms. The van der Waals surface area contributed by atoms with Crippen molar-refractivity contribution >= 4 is 16.9 Å². The van der Waals surface area contributed by atoms with Crippen molar-refractivity contribution in [1.82, 2.24) is 5.32 Å². The summed E-state index contributed by atoms with van der Waals surface area (Å²) in [5.41, 5.74) is 1.86. The number of rotatable bonds is 6. The highest BCUT2D eigenvalue weighted by molar-refractivity contribution is 5.79. The van der Waals surface area contributed by atoms with Crippen LogP contribution in [0.4, 0.5) is 0 Å². The quantitative estimate of drug-likeness (QED) is 0.709. The lowest BCUT2D eigenvalue weighted by Gasteiger charge is -2.17. The summed E-state index contributed by atoms with van der Waals surface area (Å²) in [6.45, 7) is 2.08. The van der Waals surface area contributed by atoms with Gasteiger partial charge in [0.15, 0.2) is 0 Å². The molecule has 118 valence electrons. The fourth-order valence-electron chi connectivity index (χ4n) is 2.68. The average Bonchev–Trinajstić information content (AvgIpc) is 3.02. The van der Waals surface area contributed by atoms with Crippen molar-refractivity contribution in [3.8, 4) is 0 Å². The van der Waals surface area contributed by atoms with E-state index in [-0.39, 0.29) is 11.9 Å². The van der Waals surface area contributed by atoms with Gasteiger partial charge >= 0.3 is 0 Å². The molecule has 1 aromatic heterocycles. The lowest BCUT2D eigenvalue weighted by Crippen LogP contribution is -2.28. The van der Waals surface area contributed by atoms with Crippen molar-refractivity contribution in [3.05, 3.63) is 72.0 Å². The fourth-order valence-corrected chi connectivity index (χ4v) is 2.68. The molecule has 3 rings (SSSR count). The van der Waals surface area contributed by atoms with Gasteiger partial charge in [-0.25, -0.2) is 0 Å². The van der Waals surface area contributed by atoms with E-state index in [2.05, 4.69) is 12.2 Å². The van der Waals surface area contributed by atoms with Gasteiger partial charge in [0.2, 0.25) is 5.91 Å². The summed E-state index contributed by atoms with van der Waals surface area (Å²) in [6.07, 6.45) is 2.45. The predicted octanol–water partition coefficient (Wildman–Crippen LogP) is 4.83. The van der Waals surface area contributed by atoms with Gasteiger partial charge in [-0.15, -0.1) is 0 Å². The first-order valence-corrected chi connectivity index (χ1v) is 8.10. The van der Waals surface area contributed by atoms with Crippen LogP contribution in [-0.4, -0.2) is 5.91 Å². The van der Waals surface area contributed by atoms with Crippen LogP contribution in [0.3, 0.4) is 0 Å². The molecule has 0 aliphatic carbocycles. The number of benzene rings is 2. The number of nitrogens with one attached hydrogen (secondary N) is 1. The van der Waals surface area contributed by atoms with Gasteiger partial charge in [0.05, 0.1) is 0 Å². The summed E-state index contributed by atoms with van der Waals surface area (Å²) in [6, 6.07) is 19.6. The Balaban J connectivity index is 1.92. The second kappa shape index (κ2) is 7.14. The zero-order valence-electron chi connectivity index (χ0n) is 13.3. The first kappa shape index (κ1) is 15.3. The Morgan fingerprint density at radius 2 is 1.83 bits per heavy atom. The molecular formula is C20H21NO2. The minimum Gasteiger partial charge on any atom is -0.459 e. The molecule has 0 fully saturated rings. The molecule has 3 nitrogen and oxygen atoms in total. The van der Waals surface area contributed by atoms with Crippen LogP contribution < -0.4 is 5.32 Å². The van der Waals surface area contributed by atoms with Gasteiger partial charge in [0, 0.05) is 11.8 Å². The van der Waals surface area contributed by atoms with E-state index in [1.54, 1.807) is 0 Å². The third kappa shape index (κ3) is 3.62. The molecule has 1 amide bonds. The third-order valence-electron chi connectivity index (χ3n) is 3.92. The molecule has 1 heterocycles. The number of unbranched alkanes of at least 4 members (excludes halogenated alkanes) is 1. The molecule has 0 saturated carbocycles. The second-order valence-corrected chi connectivity index (χ2v) is 5.70. The number of hydrogen-bond donors (Lipinski definition) is 1. The molecule has 0 spiro atoms. The van der Waals surface area contributed by atoms with Crippen molar-refractivity contribution in [1.29, 1.82) is 0 Å². The number of hydrogen-bond acceptors (Lipinski definition) is 2.